The van der Waals surface area contributed by atoms with E-state index >= 15 is 0 Å². The zero-order valence-corrected chi connectivity index (χ0v) is 16.2. The van der Waals surface area contributed by atoms with Gasteiger partial charge in [-0.05, 0) is 43.5 Å². The second-order valence-corrected chi connectivity index (χ2v) is 7.78. The number of piperidine rings is 1. The van der Waals surface area contributed by atoms with Crippen molar-refractivity contribution in [1.82, 2.24) is 15.2 Å². The number of benzene rings is 1. The van der Waals surface area contributed by atoms with Crippen molar-refractivity contribution in [1.29, 1.82) is 0 Å². The number of carbonyl (C=O) groups is 1. The van der Waals surface area contributed by atoms with Crippen LogP contribution in [-0.4, -0.2) is 40.7 Å². The summed E-state index contributed by atoms with van der Waals surface area (Å²) in [6.07, 6.45) is 5.53. The largest absolute Gasteiger partial charge is 0.399 e. The van der Waals surface area contributed by atoms with Crippen LogP contribution in [0, 0.1) is 5.92 Å². The normalized spacial score (nSPS) is 15.0. The lowest BCUT2D eigenvalue weighted by Gasteiger charge is -2.34. The summed E-state index contributed by atoms with van der Waals surface area (Å²) in [6.45, 7) is 2.55. The van der Waals surface area contributed by atoms with Crippen molar-refractivity contribution >= 4 is 34.3 Å². The molecule has 1 aliphatic rings. The lowest BCUT2D eigenvalue weighted by atomic mass is 9.96. The Balaban J connectivity index is 1.53. The van der Waals surface area contributed by atoms with Gasteiger partial charge in [0.25, 0.3) is 5.91 Å². The van der Waals surface area contributed by atoms with Crippen LogP contribution in [0.3, 0.4) is 0 Å². The Kier molecular flexibility index (Phi) is 5.27. The van der Waals surface area contributed by atoms with E-state index in [4.69, 9.17) is 11.5 Å². The first-order chi connectivity index (χ1) is 13.6. The van der Waals surface area contributed by atoms with Gasteiger partial charge in [-0.1, -0.05) is 0 Å². The van der Waals surface area contributed by atoms with E-state index in [1.165, 1.54) is 11.3 Å². The number of H-pyrrole nitrogens is 1. The topological polar surface area (TPSA) is 126 Å². The number of hydrogen-bond acceptors (Lipinski definition) is 7. The van der Waals surface area contributed by atoms with Gasteiger partial charge in [0.1, 0.15) is 10.7 Å². The fourth-order valence-electron chi connectivity index (χ4n) is 3.40. The van der Waals surface area contributed by atoms with Crippen LogP contribution in [0.1, 0.15) is 23.3 Å². The average molecular weight is 398 g/mol. The van der Waals surface area contributed by atoms with Crippen LogP contribution >= 0.6 is 11.3 Å². The van der Waals surface area contributed by atoms with Crippen LogP contribution in [0.25, 0.3) is 10.6 Å². The number of nitrogen functional groups attached to an aromatic ring is 1. The molecular formula is C19H23N7OS. The minimum absolute atomic E-state index is 0.255. The predicted molar refractivity (Wildman–Crippen MR) is 112 cm³/mol. The van der Waals surface area contributed by atoms with Gasteiger partial charge in [0.05, 0.1) is 17.6 Å². The van der Waals surface area contributed by atoms with Gasteiger partial charge in [0, 0.05) is 35.9 Å². The van der Waals surface area contributed by atoms with E-state index in [0.29, 0.717) is 23.0 Å². The van der Waals surface area contributed by atoms with E-state index in [0.717, 1.165) is 48.7 Å². The first-order valence-electron chi connectivity index (χ1n) is 9.24. The van der Waals surface area contributed by atoms with Crippen LogP contribution in [0.4, 0.5) is 17.1 Å². The van der Waals surface area contributed by atoms with E-state index in [-0.39, 0.29) is 5.91 Å². The molecule has 1 fully saturated rings. The third kappa shape index (κ3) is 3.85. The molecule has 6 N–H and O–H groups in total. The number of nitrogens with one attached hydrogen (secondary N) is 2. The molecule has 1 saturated heterocycles. The summed E-state index contributed by atoms with van der Waals surface area (Å²) in [5.41, 5.74) is 15.3. The SMILES string of the molecule is NCC1CCN(c2ccc(N)cc2NC(=O)c2csc(-c3cn[nH]c3)n2)CC1. The summed E-state index contributed by atoms with van der Waals surface area (Å²) in [7, 11) is 0. The van der Waals surface area contributed by atoms with E-state index in [1.807, 2.05) is 12.1 Å². The fraction of sp³-hybridized carbons (Fsp3) is 0.316. The number of rotatable bonds is 5. The predicted octanol–water partition coefficient (Wildman–Crippen LogP) is 2.54. The van der Waals surface area contributed by atoms with Crippen molar-refractivity contribution in [3.63, 3.8) is 0 Å². The Morgan fingerprint density at radius 3 is 2.89 bits per heavy atom. The van der Waals surface area contributed by atoms with Gasteiger partial charge in [-0.15, -0.1) is 11.3 Å². The Bertz CT molecular complexity index is 945. The maximum Gasteiger partial charge on any atom is 0.275 e. The van der Waals surface area contributed by atoms with Gasteiger partial charge >= 0.3 is 0 Å². The molecule has 0 atom stereocenters. The van der Waals surface area contributed by atoms with Crippen molar-refractivity contribution < 1.29 is 4.79 Å². The molecule has 0 unspecified atom stereocenters. The van der Waals surface area contributed by atoms with Gasteiger partial charge in [0.2, 0.25) is 0 Å². The number of aromatic nitrogens is 3. The highest BCUT2D eigenvalue weighted by Gasteiger charge is 2.22. The highest BCUT2D eigenvalue weighted by molar-refractivity contribution is 7.13. The third-order valence-electron chi connectivity index (χ3n) is 5.04. The molecule has 0 spiro atoms. The summed E-state index contributed by atoms with van der Waals surface area (Å²) in [6, 6.07) is 5.62. The van der Waals surface area contributed by atoms with Gasteiger partial charge < -0.3 is 21.7 Å². The molecule has 0 bridgehead atoms. The molecule has 1 aromatic carbocycles. The molecule has 2 aromatic heterocycles. The van der Waals surface area contributed by atoms with Crippen molar-refractivity contribution in [2.24, 2.45) is 11.7 Å². The van der Waals surface area contributed by atoms with E-state index in [2.05, 4.69) is 25.4 Å². The standard InChI is InChI=1S/C19H23N7OS/c20-8-12-3-5-26(6-4-12)17-2-1-14(21)7-15(17)24-18(27)16-11-28-19(25-16)13-9-22-23-10-13/h1-2,7,9-12H,3-6,8,20-21H2,(H,22,23)(H,24,27). The van der Waals surface area contributed by atoms with Crippen LogP contribution < -0.4 is 21.7 Å². The van der Waals surface area contributed by atoms with Gasteiger partial charge in [-0.25, -0.2) is 4.98 Å². The van der Waals surface area contributed by atoms with Crippen molar-refractivity contribution in [3.05, 3.63) is 41.7 Å². The smallest absolute Gasteiger partial charge is 0.275 e. The number of amides is 1. The molecular weight excluding hydrogens is 374 g/mol. The van der Waals surface area contributed by atoms with Crippen LogP contribution in [0.2, 0.25) is 0 Å². The average Bonchev–Trinajstić information content (AvgIpc) is 3.40. The molecule has 3 heterocycles. The van der Waals surface area contributed by atoms with Crippen molar-refractivity contribution in [3.8, 4) is 10.6 Å². The minimum Gasteiger partial charge on any atom is -0.399 e. The maximum atomic E-state index is 12.8. The van der Waals surface area contributed by atoms with Crippen molar-refractivity contribution in [2.75, 3.05) is 35.6 Å². The summed E-state index contributed by atoms with van der Waals surface area (Å²) in [5.74, 6) is 0.314. The molecule has 9 heteroatoms. The Hall–Kier alpha value is -2.91. The Morgan fingerprint density at radius 2 is 2.18 bits per heavy atom. The number of nitrogens with two attached hydrogens (primary N) is 2. The van der Waals surface area contributed by atoms with Crippen LogP contribution in [0.5, 0.6) is 0 Å². The number of hydrogen-bond donors (Lipinski definition) is 4. The van der Waals surface area contributed by atoms with Gasteiger partial charge in [-0.2, -0.15) is 5.10 Å². The molecule has 4 rings (SSSR count). The summed E-state index contributed by atoms with van der Waals surface area (Å²) in [4.78, 5) is 19.5. The van der Waals surface area contributed by atoms with Crippen LogP contribution in [0.15, 0.2) is 36.0 Å². The Labute approximate surface area is 167 Å². The second-order valence-electron chi connectivity index (χ2n) is 6.92. The first kappa shape index (κ1) is 18.5. The number of nitrogens with zero attached hydrogens (tertiary/aromatic N) is 3. The fourth-order valence-corrected chi connectivity index (χ4v) is 4.19. The Morgan fingerprint density at radius 1 is 1.36 bits per heavy atom. The highest BCUT2D eigenvalue weighted by atomic mass is 32.1. The molecule has 28 heavy (non-hydrogen) atoms. The zero-order valence-electron chi connectivity index (χ0n) is 15.4. The molecule has 1 aliphatic heterocycles. The van der Waals surface area contributed by atoms with Gasteiger partial charge in [0.15, 0.2) is 0 Å². The number of aromatic amines is 1. The first-order valence-corrected chi connectivity index (χ1v) is 10.1. The molecule has 8 nitrogen and oxygen atoms in total. The van der Waals surface area contributed by atoms with Crippen molar-refractivity contribution in [2.45, 2.75) is 12.8 Å². The van der Waals surface area contributed by atoms with Gasteiger partial charge in [-0.3, -0.25) is 9.89 Å². The molecule has 0 saturated carbocycles. The summed E-state index contributed by atoms with van der Waals surface area (Å²) >= 11 is 1.41. The number of thiazole rings is 1. The zero-order chi connectivity index (χ0) is 19.5. The van der Waals surface area contributed by atoms with Crippen LogP contribution in [-0.2, 0) is 0 Å². The van der Waals surface area contributed by atoms with E-state index < -0.39 is 0 Å². The monoisotopic (exact) mass is 397 g/mol. The quantitative estimate of drug-likeness (QED) is 0.490. The number of carbonyl (C=O) groups excluding carboxylic acids is 1. The summed E-state index contributed by atoms with van der Waals surface area (Å²) < 4.78 is 0. The molecule has 0 radical (unpaired) electrons. The third-order valence-corrected chi connectivity index (χ3v) is 5.93. The highest BCUT2D eigenvalue weighted by Crippen LogP contribution is 2.32. The van der Waals surface area contributed by atoms with E-state index in [9.17, 15) is 4.79 Å². The maximum absolute atomic E-state index is 12.8. The summed E-state index contributed by atoms with van der Waals surface area (Å²) in [5, 5.41) is 12.1. The molecule has 1 amide bonds. The second kappa shape index (κ2) is 7.99. The lowest BCUT2D eigenvalue weighted by Crippen LogP contribution is -2.36. The molecule has 3 aromatic rings. The number of anilines is 3. The molecule has 146 valence electrons. The lowest BCUT2D eigenvalue weighted by molar-refractivity contribution is 0.102. The molecule has 0 aliphatic carbocycles. The van der Waals surface area contributed by atoms with E-state index in [1.54, 1.807) is 23.8 Å². The minimum atomic E-state index is -0.255.